The van der Waals surface area contributed by atoms with Gasteiger partial charge in [-0.1, -0.05) is 12.2 Å². The molecule has 3 heterocycles. The minimum Gasteiger partial charge on any atom is -0.462 e. The van der Waals surface area contributed by atoms with Crippen LogP contribution in [-0.4, -0.2) is 32.9 Å². The molecule has 0 aromatic carbocycles. The van der Waals surface area contributed by atoms with E-state index in [1.807, 2.05) is 0 Å². The summed E-state index contributed by atoms with van der Waals surface area (Å²) in [7, 11) is 0. The van der Waals surface area contributed by atoms with E-state index in [0.29, 0.717) is 17.5 Å². The van der Waals surface area contributed by atoms with Gasteiger partial charge < -0.3 is 4.74 Å². The van der Waals surface area contributed by atoms with Crippen molar-refractivity contribution in [2.75, 3.05) is 6.61 Å². The number of nitrogens with zero attached hydrogens (tertiary/aromatic N) is 3. The average Bonchev–Trinajstić information content (AvgIpc) is 2.77. The van der Waals surface area contributed by atoms with Gasteiger partial charge in [-0.2, -0.15) is 0 Å². The summed E-state index contributed by atoms with van der Waals surface area (Å²) in [6, 6.07) is 3.27. The number of Topliss-reactive ketones (excluding diaryl/α,β-unsaturated/α-hetero) is 1. The standard InChI is InChI=1S/C18H13N3O4/c1-2-25-18(24)10-5-3-7-13-12(9-10)14(22)16-20-15-11(6-4-8-19-15)17(23)21(13)16/h3-6,8-9H,2,7H2,1H3. The van der Waals surface area contributed by atoms with Crippen molar-refractivity contribution in [3.05, 3.63) is 63.9 Å². The van der Waals surface area contributed by atoms with Crippen molar-refractivity contribution < 1.29 is 14.3 Å². The van der Waals surface area contributed by atoms with Crippen LogP contribution < -0.4 is 5.56 Å². The van der Waals surface area contributed by atoms with Gasteiger partial charge in [0, 0.05) is 23.9 Å². The zero-order valence-corrected chi connectivity index (χ0v) is 13.4. The van der Waals surface area contributed by atoms with Crippen LogP contribution in [0.25, 0.3) is 16.7 Å². The van der Waals surface area contributed by atoms with Gasteiger partial charge in [0.05, 0.1) is 17.6 Å². The molecule has 0 N–H and O–H groups in total. The number of carbonyl (C=O) groups is 2. The fourth-order valence-electron chi connectivity index (χ4n) is 2.99. The second-order valence-electron chi connectivity index (χ2n) is 5.57. The van der Waals surface area contributed by atoms with Crippen molar-refractivity contribution in [3.63, 3.8) is 0 Å². The number of hydrogen-bond donors (Lipinski definition) is 0. The molecular formula is C18H13N3O4. The highest BCUT2D eigenvalue weighted by atomic mass is 16.5. The Morgan fingerprint density at radius 2 is 2.20 bits per heavy atom. The van der Waals surface area contributed by atoms with Crippen molar-refractivity contribution >= 4 is 28.5 Å². The Balaban J connectivity index is 1.94. The van der Waals surface area contributed by atoms with E-state index in [0.717, 1.165) is 0 Å². The molecule has 7 nitrogen and oxygen atoms in total. The molecule has 0 saturated heterocycles. The van der Waals surface area contributed by atoms with Gasteiger partial charge in [0.1, 0.15) is 0 Å². The van der Waals surface area contributed by atoms with Crippen LogP contribution in [-0.2, 0) is 9.53 Å². The molecule has 0 atom stereocenters. The second-order valence-corrected chi connectivity index (χ2v) is 5.57. The normalized spacial score (nSPS) is 15.7. The molecule has 2 aromatic rings. The van der Waals surface area contributed by atoms with Gasteiger partial charge in [-0.15, -0.1) is 0 Å². The molecule has 2 aliphatic rings. The van der Waals surface area contributed by atoms with E-state index in [1.54, 1.807) is 31.2 Å². The summed E-state index contributed by atoms with van der Waals surface area (Å²) in [4.78, 5) is 45.9. The third-order valence-corrected chi connectivity index (χ3v) is 4.09. The SMILES string of the molecule is CCOC(=O)C1=CC2=C(CC=C1)n1c(nc3ncccc3c1=O)C2=O. The van der Waals surface area contributed by atoms with Crippen LogP contribution in [0, 0.1) is 0 Å². The van der Waals surface area contributed by atoms with Gasteiger partial charge in [-0.05, 0) is 25.1 Å². The van der Waals surface area contributed by atoms with E-state index in [9.17, 15) is 14.4 Å². The Labute approximate surface area is 142 Å². The summed E-state index contributed by atoms with van der Waals surface area (Å²) in [6.07, 6.45) is 6.65. The molecule has 4 rings (SSSR count). The molecule has 0 radical (unpaired) electrons. The summed E-state index contributed by atoms with van der Waals surface area (Å²) in [6.45, 7) is 1.95. The first-order valence-electron chi connectivity index (χ1n) is 7.83. The third-order valence-electron chi connectivity index (χ3n) is 4.09. The van der Waals surface area contributed by atoms with Gasteiger partial charge in [-0.3, -0.25) is 14.2 Å². The number of pyridine rings is 1. The zero-order chi connectivity index (χ0) is 17.6. The summed E-state index contributed by atoms with van der Waals surface area (Å²) < 4.78 is 6.31. The summed E-state index contributed by atoms with van der Waals surface area (Å²) in [5, 5.41) is 0.343. The highest BCUT2D eigenvalue weighted by Crippen LogP contribution is 2.31. The number of allylic oxidation sites excluding steroid dienone is 4. The predicted molar refractivity (Wildman–Crippen MR) is 89.8 cm³/mol. The van der Waals surface area contributed by atoms with Gasteiger partial charge in [0.2, 0.25) is 5.78 Å². The summed E-state index contributed by atoms with van der Waals surface area (Å²) in [5.41, 5.74) is 0.957. The molecule has 0 amide bonds. The molecular weight excluding hydrogens is 322 g/mol. The lowest BCUT2D eigenvalue weighted by Crippen LogP contribution is -2.23. The van der Waals surface area contributed by atoms with Gasteiger partial charge >= 0.3 is 5.97 Å². The molecule has 0 bridgehead atoms. The molecule has 1 aliphatic carbocycles. The van der Waals surface area contributed by atoms with E-state index in [1.165, 1.54) is 16.8 Å². The largest absolute Gasteiger partial charge is 0.462 e. The minimum atomic E-state index is -0.511. The molecule has 0 unspecified atom stereocenters. The Bertz CT molecular complexity index is 1090. The molecule has 7 heteroatoms. The highest BCUT2D eigenvalue weighted by molar-refractivity contribution is 6.17. The quantitative estimate of drug-likeness (QED) is 0.775. The van der Waals surface area contributed by atoms with Crippen LogP contribution in [0.2, 0.25) is 0 Å². The minimum absolute atomic E-state index is 0.0240. The fraction of sp³-hybridized carbons (Fsp3) is 0.167. The van der Waals surface area contributed by atoms with Crippen molar-refractivity contribution in [2.24, 2.45) is 0 Å². The molecule has 25 heavy (non-hydrogen) atoms. The maximum Gasteiger partial charge on any atom is 0.338 e. The van der Waals surface area contributed by atoms with E-state index in [4.69, 9.17) is 4.74 Å². The molecule has 0 saturated carbocycles. The van der Waals surface area contributed by atoms with Crippen LogP contribution in [0.15, 0.2) is 52.5 Å². The van der Waals surface area contributed by atoms with Crippen molar-refractivity contribution in [3.8, 4) is 0 Å². The van der Waals surface area contributed by atoms with Crippen molar-refractivity contribution in [1.82, 2.24) is 14.5 Å². The number of aromatic nitrogens is 3. The number of ketones is 1. The number of esters is 1. The molecule has 0 fully saturated rings. The Hall–Kier alpha value is -3.35. The smallest absolute Gasteiger partial charge is 0.338 e. The maximum atomic E-state index is 12.8. The lowest BCUT2D eigenvalue weighted by atomic mass is 10.1. The lowest BCUT2D eigenvalue weighted by molar-refractivity contribution is -0.138. The van der Waals surface area contributed by atoms with Gasteiger partial charge in [0.25, 0.3) is 5.56 Å². The van der Waals surface area contributed by atoms with Crippen LogP contribution in [0.3, 0.4) is 0 Å². The topological polar surface area (TPSA) is 91.2 Å². The Morgan fingerprint density at radius 3 is 3.00 bits per heavy atom. The van der Waals surface area contributed by atoms with E-state index in [-0.39, 0.29) is 34.8 Å². The fourth-order valence-corrected chi connectivity index (χ4v) is 2.99. The van der Waals surface area contributed by atoms with Crippen LogP contribution in [0.5, 0.6) is 0 Å². The first-order chi connectivity index (χ1) is 12.1. The average molecular weight is 335 g/mol. The predicted octanol–water partition coefficient (Wildman–Crippen LogP) is 1.65. The summed E-state index contributed by atoms with van der Waals surface area (Å²) >= 11 is 0. The first kappa shape index (κ1) is 15.2. The van der Waals surface area contributed by atoms with Gasteiger partial charge in [-0.25, -0.2) is 14.8 Å². The van der Waals surface area contributed by atoms with Crippen molar-refractivity contribution in [2.45, 2.75) is 13.3 Å². The Morgan fingerprint density at radius 1 is 1.36 bits per heavy atom. The lowest BCUT2D eigenvalue weighted by Gasteiger charge is -2.07. The number of hydrogen-bond acceptors (Lipinski definition) is 6. The first-order valence-corrected chi connectivity index (χ1v) is 7.83. The second kappa shape index (κ2) is 5.62. The van der Waals surface area contributed by atoms with E-state index >= 15 is 0 Å². The van der Waals surface area contributed by atoms with Crippen molar-refractivity contribution in [1.29, 1.82) is 0 Å². The molecule has 1 aliphatic heterocycles. The van der Waals surface area contributed by atoms with Gasteiger partial charge in [0.15, 0.2) is 11.5 Å². The number of fused-ring (bicyclic) bond motifs is 3. The highest BCUT2D eigenvalue weighted by Gasteiger charge is 2.33. The number of rotatable bonds is 2. The van der Waals surface area contributed by atoms with E-state index < -0.39 is 11.8 Å². The maximum absolute atomic E-state index is 12.8. The molecule has 2 aromatic heterocycles. The van der Waals surface area contributed by atoms with Crippen LogP contribution in [0.4, 0.5) is 0 Å². The van der Waals surface area contributed by atoms with Crippen LogP contribution >= 0.6 is 0 Å². The molecule has 0 spiro atoms. The molecule has 124 valence electrons. The monoisotopic (exact) mass is 335 g/mol. The number of ether oxygens (including phenoxy) is 1. The van der Waals surface area contributed by atoms with E-state index in [2.05, 4.69) is 9.97 Å². The number of carbonyl (C=O) groups excluding carboxylic acids is 2. The Kier molecular flexibility index (Phi) is 3.42. The summed E-state index contributed by atoms with van der Waals surface area (Å²) in [5.74, 6) is -0.885. The van der Waals surface area contributed by atoms with Crippen LogP contribution in [0.1, 0.15) is 24.0 Å². The third kappa shape index (κ3) is 2.24. The zero-order valence-electron chi connectivity index (χ0n) is 13.4.